The number of fused-ring (bicyclic) bond motifs is 1. The summed E-state index contributed by atoms with van der Waals surface area (Å²) in [6, 6.07) is 16.2. The molecular weight excluding hydrogens is 480 g/mol. The Balaban J connectivity index is 1.48. The Morgan fingerprint density at radius 2 is 1.97 bits per heavy atom. The van der Waals surface area contributed by atoms with Crippen molar-refractivity contribution >= 4 is 44.4 Å². The molecule has 35 heavy (non-hydrogen) atoms. The highest BCUT2D eigenvalue weighted by atomic mass is 32.2. The maximum Gasteiger partial charge on any atom is 0.236 e. The summed E-state index contributed by atoms with van der Waals surface area (Å²) >= 11 is 2.83. The molecule has 0 aliphatic heterocycles. The molecule has 2 N–H and O–H groups in total. The number of anilines is 1. The SMILES string of the molecule is CCOc1ccc2nc(NC(=O)CSc3nnc([C@@H](CC)[NH+](C)C)n3Cc3ccccc3)sc2c1. The average molecular weight is 512 g/mol. The van der Waals surface area contributed by atoms with Crippen LogP contribution in [0.1, 0.15) is 37.7 Å². The van der Waals surface area contributed by atoms with Crippen LogP contribution >= 0.6 is 23.1 Å². The molecule has 2 aromatic heterocycles. The molecule has 1 amide bonds. The summed E-state index contributed by atoms with van der Waals surface area (Å²) in [7, 11) is 4.26. The van der Waals surface area contributed by atoms with E-state index < -0.39 is 0 Å². The lowest BCUT2D eigenvalue weighted by Crippen LogP contribution is -3.06. The van der Waals surface area contributed by atoms with Gasteiger partial charge in [0.1, 0.15) is 11.8 Å². The van der Waals surface area contributed by atoms with Gasteiger partial charge in [0.2, 0.25) is 5.91 Å². The van der Waals surface area contributed by atoms with Gasteiger partial charge in [-0.2, -0.15) is 0 Å². The van der Waals surface area contributed by atoms with Crippen molar-refractivity contribution in [3.8, 4) is 5.75 Å². The number of quaternary nitrogens is 1. The number of amides is 1. The summed E-state index contributed by atoms with van der Waals surface area (Å²) in [6.45, 7) is 5.39. The average Bonchev–Trinajstić information content (AvgIpc) is 3.42. The quantitative estimate of drug-likeness (QED) is 0.299. The lowest BCUT2D eigenvalue weighted by Gasteiger charge is -2.20. The van der Waals surface area contributed by atoms with Crippen LogP contribution in [0.5, 0.6) is 5.75 Å². The highest BCUT2D eigenvalue weighted by Gasteiger charge is 2.25. The predicted molar refractivity (Wildman–Crippen MR) is 142 cm³/mol. The van der Waals surface area contributed by atoms with Crippen LogP contribution in [0.3, 0.4) is 0 Å². The van der Waals surface area contributed by atoms with Crippen LogP contribution in [0.2, 0.25) is 0 Å². The van der Waals surface area contributed by atoms with Gasteiger partial charge in [0.15, 0.2) is 16.1 Å². The first-order chi connectivity index (χ1) is 17.0. The van der Waals surface area contributed by atoms with Gasteiger partial charge in [-0.3, -0.25) is 9.36 Å². The minimum atomic E-state index is -0.125. The molecule has 4 aromatic rings. The lowest BCUT2D eigenvalue weighted by atomic mass is 10.2. The first-order valence-electron chi connectivity index (χ1n) is 11.7. The Labute approximate surface area is 213 Å². The molecule has 0 radical (unpaired) electrons. The van der Waals surface area contributed by atoms with E-state index in [1.54, 1.807) is 0 Å². The highest BCUT2D eigenvalue weighted by Crippen LogP contribution is 2.30. The molecular formula is C25H31N6O2S2+. The minimum Gasteiger partial charge on any atom is -0.494 e. The van der Waals surface area contributed by atoms with Gasteiger partial charge in [-0.1, -0.05) is 60.4 Å². The number of nitrogens with zero attached hydrogens (tertiary/aromatic N) is 4. The maximum absolute atomic E-state index is 12.8. The normalized spacial score (nSPS) is 12.3. The first kappa shape index (κ1) is 25.2. The molecule has 4 rings (SSSR count). The van der Waals surface area contributed by atoms with Crippen molar-refractivity contribution in [3.63, 3.8) is 0 Å². The van der Waals surface area contributed by atoms with Crippen molar-refractivity contribution in [2.24, 2.45) is 0 Å². The lowest BCUT2D eigenvalue weighted by molar-refractivity contribution is -0.893. The molecule has 0 saturated carbocycles. The van der Waals surface area contributed by atoms with Gasteiger partial charge >= 0.3 is 0 Å². The van der Waals surface area contributed by atoms with E-state index in [0.29, 0.717) is 18.3 Å². The molecule has 0 aliphatic carbocycles. The van der Waals surface area contributed by atoms with Crippen molar-refractivity contribution in [1.29, 1.82) is 0 Å². The standard InChI is InChI=1S/C25H30N6O2S2/c1-5-20(30(3)4)23-28-29-25(31(23)15-17-10-8-7-9-11-17)34-16-22(32)27-24-26-19-13-12-18(33-6-2)14-21(19)35-24/h7-14,20H,5-6,15-16H2,1-4H3,(H,26,27,32)/p+1/t20-/m1/s1. The zero-order valence-corrected chi connectivity index (χ0v) is 22.1. The van der Waals surface area contributed by atoms with E-state index in [1.807, 2.05) is 43.3 Å². The van der Waals surface area contributed by atoms with Gasteiger partial charge in [-0.25, -0.2) is 4.98 Å². The summed E-state index contributed by atoms with van der Waals surface area (Å²) < 4.78 is 8.67. The number of thioether (sulfide) groups is 1. The summed E-state index contributed by atoms with van der Waals surface area (Å²) in [5.41, 5.74) is 2.01. The predicted octanol–water partition coefficient (Wildman–Crippen LogP) is 3.66. The van der Waals surface area contributed by atoms with Crippen LogP contribution in [0.15, 0.2) is 53.7 Å². The smallest absolute Gasteiger partial charge is 0.236 e. The second-order valence-electron chi connectivity index (χ2n) is 8.37. The van der Waals surface area contributed by atoms with Crippen LogP contribution < -0.4 is 15.0 Å². The Bertz CT molecular complexity index is 1270. The monoisotopic (exact) mass is 511 g/mol. The number of aromatic nitrogens is 4. The third-order valence-electron chi connectivity index (χ3n) is 5.60. The van der Waals surface area contributed by atoms with Gasteiger partial charge in [-0.05, 0) is 30.7 Å². The van der Waals surface area contributed by atoms with Crippen LogP contribution in [0.25, 0.3) is 10.2 Å². The van der Waals surface area contributed by atoms with E-state index in [9.17, 15) is 4.79 Å². The fourth-order valence-electron chi connectivity index (χ4n) is 3.93. The van der Waals surface area contributed by atoms with Crippen molar-refractivity contribution in [2.75, 3.05) is 31.8 Å². The molecule has 184 valence electrons. The van der Waals surface area contributed by atoms with Crippen LogP contribution in [-0.2, 0) is 11.3 Å². The second kappa shape index (κ2) is 11.7. The van der Waals surface area contributed by atoms with Crippen LogP contribution in [-0.4, -0.2) is 52.1 Å². The number of nitrogens with one attached hydrogen (secondary N) is 2. The number of ether oxygens (including phenoxy) is 1. The molecule has 0 unspecified atom stereocenters. The Hall–Kier alpha value is -2.95. The zero-order chi connectivity index (χ0) is 24.8. The number of hydrogen-bond donors (Lipinski definition) is 2. The molecule has 0 fully saturated rings. The summed E-state index contributed by atoms with van der Waals surface area (Å²) in [4.78, 5) is 18.6. The minimum absolute atomic E-state index is 0.125. The number of hydrogen-bond acceptors (Lipinski definition) is 7. The van der Waals surface area contributed by atoms with Gasteiger partial charge in [-0.15, -0.1) is 10.2 Å². The number of thiazole rings is 1. The van der Waals surface area contributed by atoms with Gasteiger partial charge in [0, 0.05) is 6.42 Å². The number of carbonyl (C=O) groups is 1. The zero-order valence-electron chi connectivity index (χ0n) is 20.4. The van der Waals surface area contributed by atoms with E-state index >= 15 is 0 Å². The number of carbonyl (C=O) groups excluding carboxylic acids is 1. The molecule has 0 aliphatic rings. The van der Waals surface area contributed by atoms with Crippen molar-refractivity contribution in [1.82, 2.24) is 19.7 Å². The molecule has 2 aromatic carbocycles. The van der Waals surface area contributed by atoms with Crippen molar-refractivity contribution < 1.29 is 14.4 Å². The highest BCUT2D eigenvalue weighted by molar-refractivity contribution is 7.99. The Morgan fingerprint density at radius 3 is 2.69 bits per heavy atom. The van der Waals surface area contributed by atoms with Gasteiger partial charge < -0.3 is 15.0 Å². The summed E-state index contributed by atoms with van der Waals surface area (Å²) in [5.74, 6) is 1.84. The third-order valence-corrected chi connectivity index (χ3v) is 7.50. The topological polar surface area (TPSA) is 86.4 Å². The number of rotatable bonds is 11. The van der Waals surface area contributed by atoms with Gasteiger partial charge in [0.05, 0.1) is 43.2 Å². The summed E-state index contributed by atoms with van der Waals surface area (Å²) in [5, 5.41) is 13.2. The fraction of sp³-hybridized carbons (Fsp3) is 0.360. The van der Waals surface area contributed by atoms with E-state index in [1.165, 1.54) is 33.6 Å². The van der Waals surface area contributed by atoms with Crippen molar-refractivity contribution in [3.05, 3.63) is 59.9 Å². The maximum atomic E-state index is 12.8. The van der Waals surface area contributed by atoms with E-state index in [0.717, 1.165) is 33.4 Å². The number of benzene rings is 2. The molecule has 1 atom stereocenters. The van der Waals surface area contributed by atoms with E-state index in [4.69, 9.17) is 4.74 Å². The molecule has 2 heterocycles. The van der Waals surface area contributed by atoms with E-state index in [-0.39, 0.29) is 17.7 Å². The summed E-state index contributed by atoms with van der Waals surface area (Å²) in [6.07, 6.45) is 0.947. The fourth-order valence-corrected chi connectivity index (χ4v) is 5.58. The van der Waals surface area contributed by atoms with Crippen molar-refractivity contribution in [2.45, 2.75) is 38.0 Å². The molecule has 10 heteroatoms. The van der Waals surface area contributed by atoms with Crippen LogP contribution in [0.4, 0.5) is 5.13 Å². The Kier molecular flexibility index (Phi) is 8.37. The molecule has 0 saturated heterocycles. The molecule has 8 nitrogen and oxygen atoms in total. The van der Waals surface area contributed by atoms with Gasteiger partial charge in [0.25, 0.3) is 0 Å². The first-order valence-corrected chi connectivity index (χ1v) is 13.5. The second-order valence-corrected chi connectivity index (χ2v) is 10.3. The largest absolute Gasteiger partial charge is 0.494 e. The third kappa shape index (κ3) is 6.19. The molecule has 0 bridgehead atoms. The van der Waals surface area contributed by atoms with E-state index in [2.05, 4.69) is 58.2 Å². The Morgan fingerprint density at radius 1 is 1.17 bits per heavy atom. The van der Waals surface area contributed by atoms with Crippen LogP contribution in [0, 0.1) is 0 Å². The molecule has 0 spiro atoms.